The third kappa shape index (κ3) is 10.2. The molecular formula is C30H42N4O6. The number of hydrogen-bond donors (Lipinski definition) is 3. The summed E-state index contributed by atoms with van der Waals surface area (Å²) in [6.07, 6.45) is 0.936. The first-order valence-corrected chi connectivity index (χ1v) is 13.5. The lowest BCUT2D eigenvalue weighted by atomic mass is 10.1. The van der Waals surface area contributed by atoms with Gasteiger partial charge >= 0.3 is 6.09 Å². The van der Waals surface area contributed by atoms with Crippen LogP contribution in [0.5, 0.6) is 5.75 Å². The van der Waals surface area contributed by atoms with Crippen LogP contribution in [0.25, 0.3) is 0 Å². The zero-order valence-electron chi connectivity index (χ0n) is 24.1. The summed E-state index contributed by atoms with van der Waals surface area (Å²) >= 11 is 0. The Kier molecular flexibility index (Phi) is 12.4. The molecule has 1 aliphatic heterocycles. The summed E-state index contributed by atoms with van der Waals surface area (Å²) in [5, 5.41) is 14.9. The molecule has 40 heavy (non-hydrogen) atoms. The predicted molar refractivity (Wildman–Crippen MR) is 155 cm³/mol. The van der Waals surface area contributed by atoms with Crippen LogP contribution in [0.1, 0.15) is 63.4 Å². The van der Waals surface area contributed by atoms with E-state index in [1.54, 1.807) is 36.4 Å². The van der Waals surface area contributed by atoms with Crippen molar-refractivity contribution in [1.82, 2.24) is 4.90 Å². The molecule has 1 fully saturated rings. The summed E-state index contributed by atoms with van der Waals surface area (Å²) in [5.41, 5.74) is 7.27. The van der Waals surface area contributed by atoms with Gasteiger partial charge in [-0.15, -0.1) is 0 Å². The number of para-hydroxylation sites is 1. The number of carboxylic acids is 1. The summed E-state index contributed by atoms with van der Waals surface area (Å²) in [7, 11) is 0. The number of rotatable bonds is 12. The largest absolute Gasteiger partial charge is 0.489 e. The van der Waals surface area contributed by atoms with Crippen molar-refractivity contribution >= 4 is 29.5 Å². The van der Waals surface area contributed by atoms with Crippen molar-refractivity contribution < 1.29 is 29.0 Å². The van der Waals surface area contributed by atoms with E-state index < -0.39 is 18.2 Å². The number of carbonyl (C=O) groups excluding carboxylic acids is 2. The van der Waals surface area contributed by atoms with Crippen LogP contribution in [0.4, 0.5) is 10.5 Å². The molecule has 0 aliphatic carbocycles. The summed E-state index contributed by atoms with van der Waals surface area (Å²) < 4.78 is 11.5. The van der Waals surface area contributed by atoms with Crippen LogP contribution < -0.4 is 15.4 Å². The van der Waals surface area contributed by atoms with Crippen molar-refractivity contribution in [3.8, 4) is 5.75 Å². The second-order valence-corrected chi connectivity index (χ2v) is 10.6. The van der Waals surface area contributed by atoms with E-state index in [0.29, 0.717) is 54.0 Å². The molecule has 0 saturated carbocycles. The van der Waals surface area contributed by atoms with Gasteiger partial charge < -0.3 is 25.2 Å². The molecule has 2 aromatic carbocycles. The lowest BCUT2D eigenvalue weighted by Crippen LogP contribution is -2.34. The Labute approximate surface area is 236 Å². The van der Waals surface area contributed by atoms with Gasteiger partial charge in [0.2, 0.25) is 0 Å². The van der Waals surface area contributed by atoms with Crippen molar-refractivity contribution in [2.45, 2.75) is 53.6 Å². The van der Waals surface area contributed by atoms with Crippen LogP contribution in [0.2, 0.25) is 0 Å². The van der Waals surface area contributed by atoms with Crippen molar-refractivity contribution in [1.29, 1.82) is 5.41 Å². The number of hydrogen-bond acceptors (Lipinski definition) is 6. The molecule has 1 saturated heterocycles. The summed E-state index contributed by atoms with van der Waals surface area (Å²) in [4.78, 5) is 38.4. The van der Waals surface area contributed by atoms with Crippen molar-refractivity contribution in [3.63, 3.8) is 0 Å². The molecule has 1 unspecified atom stereocenters. The molecule has 3 rings (SSSR count). The number of amides is 2. The number of nitrogens with two attached hydrogens (primary N) is 1. The summed E-state index contributed by atoms with van der Waals surface area (Å²) in [6, 6.07) is 14.1. The van der Waals surface area contributed by atoms with E-state index in [-0.39, 0.29) is 18.3 Å². The summed E-state index contributed by atoms with van der Waals surface area (Å²) in [6.45, 7) is 11.6. The van der Waals surface area contributed by atoms with Gasteiger partial charge in [-0.3, -0.25) is 19.9 Å². The predicted octanol–water partition coefficient (Wildman–Crippen LogP) is 5.00. The quantitative estimate of drug-likeness (QED) is 0.247. The number of aliphatic carboxylic acids is 1. The van der Waals surface area contributed by atoms with Crippen LogP contribution in [-0.2, 0) is 9.53 Å². The maximum Gasteiger partial charge on any atom is 0.414 e. The summed E-state index contributed by atoms with van der Waals surface area (Å²) in [5.74, 6) is 0.593. The van der Waals surface area contributed by atoms with Gasteiger partial charge in [-0.1, -0.05) is 39.8 Å². The molecule has 2 aromatic rings. The first kappa shape index (κ1) is 32.1. The van der Waals surface area contributed by atoms with E-state index in [2.05, 4.69) is 27.7 Å². The normalized spacial score (nSPS) is 14.4. The van der Waals surface area contributed by atoms with Gasteiger partial charge in [-0.05, 0) is 61.1 Å². The maximum atomic E-state index is 13.5. The van der Waals surface area contributed by atoms with E-state index >= 15 is 0 Å². The molecule has 0 aromatic heterocycles. The van der Waals surface area contributed by atoms with Gasteiger partial charge in [0.1, 0.15) is 18.2 Å². The van der Waals surface area contributed by atoms with Gasteiger partial charge in [-0.2, -0.15) is 0 Å². The fraction of sp³-hybridized carbons (Fsp3) is 0.467. The van der Waals surface area contributed by atoms with E-state index in [1.807, 2.05) is 17.0 Å². The number of nitrogen functional groups attached to an aromatic ring is 1. The minimum Gasteiger partial charge on any atom is -0.489 e. The lowest BCUT2D eigenvalue weighted by molar-refractivity contribution is -0.134. The van der Waals surface area contributed by atoms with Crippen LogP contribution in [0.15, 0.2) is 48.5 Å². The molecule has 1 atom stereocenters. The molecule has 0 spiro atoms. The number of anilines is 1. The number of nitrogens with one attached hydrogen (secondary N) is 1. The van der Waals surface area contributed by atoms with Crippen LogP contribution in [0, 0.1) is 17.2 Å². The first-order chi connectivity index (χ1) is 18.9. The van der Waals surface area contributed by atoms with Crippen molar-refractivity contribution in [2.24, 2.45) is 17.6 Å². The maximum absolute atomic E-state index is 13.5. The first-order valence-electron chi connectivity index (χ1n) is 13.5. The molecule has 2 amide bonds. The Morgan fingerprint density at radius 1 is 1.07 bits per heavy atom. The highest BCUT2D eigenvalue weighted by Gasteiger charge is 2.33. The Bertz CT molecular complexity index is 1130. The molecule has 4 N–H and O–H groups in total. The van der Waals surface area contributed by atoms with E-state index in [9.17, 15) is 9.59 Å². The number of carboxylic acid groups (broad SMARTS) is 1. The number of cyclic esters (lactones) is 1. The second kappa shape index (κ2) is 15.5. The number of amidine groups is 1. The number of ether oxygens (including phenoxy) is 2. The SMILES string of the molecule is CC(=O)O.CC(C)CCN(CCC(C)C)C(=O)c1ccccc1OCC1CN(c2ccc(C(=N)N)cc2)C(=O)O1. The second-order valence-electron chi connectivity index (χ2n) is 10.6. The monoisotopic (exact) mass is 554 g/mol. The third-order valence-electron chi connectivity index (χ3n) is 6.15. The highest BCUT2D eigenvalue weighted by molar-refractivity contribution is 5.97. The number of carbonyl (C=O) groups is 3. The minimum absolute atomic E-state index is 0.0305. The molecule has 10 heteroatoms. The highest BCUT2D eigenvalue weighted by Crippen LogP contribution is 2.25. The Balaban J connectivity index is 0.00000131. The minimum atomic E-state index is -0.833. The molecular weight excluding hydrogens is 512 g/mol. The zero-order valence-corrected chi connectivity index (χ0v) is 24.1. The van der Waals surface area contributed by atoms with Gasteiger partial charge in [0.25, 0.3) is 11.9 Å². The van der Waals surface area contributed by atoms with Crippen molar-refractivity contribution in [2.75, 3.05) is 31.1 Å². The molecule has 1 heterocycles. The van der Waals surface area contributed by atoms with Gasteiger partial charge in [0.05, 0.1) is 12.1 Å². The average Bonchev–Trinajstić information content (AvgIpc) is 3.27. The fourth-order valence-corrected chi connectivity index (χ4v) is 3.91. The molecule has 0 radical (unpaired) electrons. The van der Waals surface area contributed by atoms with E-state index in [1.165, 1.54) is 4.90 Å². The molecule has 0 bridgehead atoms. The fourth-order valence-electron chi connectivity index (χ4n) is 3.91. The third-order valence-corrected chi connectivity index (χ3v) is 6.15. The van der Waals surface area contributed by atoms with E-state index in [4.69, 9.17) is 30.5 Å². The standard InChI is InChI=1S/C28H38N4O4.C2H4O2/c1-19(2)13-15-31(16-14-20(3)4)27(33)24-7-5-6-8-25(24)35-18-23-17-32(28(34)36-23)22-11-9-21(10-12-22)26(29)30;1-2(3)4/h5-12,19-20,23H,13-18H2,1-4H3,(H3,29,30);1H3,(H,3,4). The number of benzene rings is 2. The van der Waals surface area contributed by atoms with E-state index in [0.717, 1.165) is 19.8 Å². The van der Waals surface area contributed by atoms with Gasteiger partial charge in [-0.25, -0.2) is 4.79 Å². The van der Waals surface area contributed by atoms with Crippen LogP contribution in [-0.4, -0.2) is 66.2 Å². The molecule has 1 aliphatic rings. The molecule has 10 nitrogen and oxygen atoms in total. The van der Waals surface area contributed by atoms with Gasteiger partial charge in [0, 0.05) is 31.3 Å². The van der Waals surface area contributed by atoms with Crippen LogP contribution >= 0.6 is 0 Å². The number of nitrogens with zero attached hydrogens (tertiary/aromatic N) is 2. The topological polar surface area (TPSA) is 146 Å². The Hall–Kier alpha value is -4.08. The lowest BCUT2D eigenvalue weighted by Gasteiger charge is -2.25. The average molecular weight is 555 g/mol. The van der Waals surface area contributed by atoms with Gasteiger partial charge in [0.15, 0.2) is 6.10 Å². The Morgan fingerprint density at radius 3 is 2.15 bits per heavy atom. The molecule has 218 valence electrons. The smallest absolute Gasteiger partial charge is 0.414 e. The zero-order chi connectivity index (χ0) is 29.8. The van der Waals surface area contributed by atoms with Crippen LogP contribution in [0.3, 0.4) is 0 Å². The Morgan fingerprint density at radius 2 is 1.62 bits per heavy atom. The highest BCUT2D eigenvalue weighted by atomic mass is 16.6. The van der Waals surface area contributed by atoms with Crippen molar-refractivity contribution in [3.05, 3.63) is 59.7 Å².